The van der Waals surface area contributed by atoms with E-state index in [9.17, 15) is 20.1 Å². The van der Waals surface area contributed by atoms with Crippen molar-refractivity contribution < 1.29 is 30.0 Å². The van der Waals surface area contributed by atoms with E-state index in [0.717, 1.165) is 3.57 Å². The summed E-state index contributed by atoms with van der Waals surface area (Å²) < 4.78 is 6.01. The Bertz CT molecular complexity index is 511. The third kappa shape index (κ3) is 4.02. The van der Waals surface area contributed by atoms with Gasteiger partial charge in [-0.15, -0.1) is 0 Å². The van der Waals surface area contributed by atoms with Crippen molar-refractivity contribution in [2.45, 2.75) is 30.6 Å². The summed E-state index contributed by atoms with van der Waals surface area (Å²) in [4.78, 5) is 12.0. The highest BCUT2D eigenvalue weighted by atomic mass is 127. The van der Waals surface area contributed by atoms with Crippen molar-refractivity contribution >= 4 is 28.4 Å². The minimum atomic E-state index is -1.43. The lowest BCUT2D eigenvalue weighted by Gasteiger charge is -2.40. The van der Waals surface area contributed by atoms with Crippen molar-refractivity contribution in [3.8, 4) is 0 Å². The Kier molecular flexibility index (Phi) is 6.26. The second kappa shape index (κ2) is 7.77. The molecule has 5 atom stereocenters. The zero-order valence-corrected chi connectivity index (χ0v) is 13.8. The second-order valence-electron chi connectivity index (χ2n) is 5.07. The number of aliphatic hydroxyl groups is 4. The molecule has 0 aliphatic carbocycles. The average molecular weight is 423 g/mol. The van der Waals surface area contributed by atoms with E-state index in [-0.39, 0.29) is 12.3 Å². The fraction of sp³-hybridized carbons (Fsp3) is 0.500. The number of ether oxygens (including phenoxy) is 1. The number of hydrogen-bond acceptors (Lipinski definition) is 7. The molecule has 0 bridgehead atoms. The molecule has 1 aromatic rings. The van der Waals surface area contributed by atoms with Crippen molar-refractivity contribution in [2.75, 3.05) is 13.2 Å². The van der Waals surface area contributed by atoms with Crippen LogP contribution >= 0.6 is 22.6 Å². The number of nitrogens with one attached hydrogen (secondary N) is 1. The molecule has 0 spiro atoms. The molecule has 1 saturated heterocycles. The van der Waals surface area contributed by atoms with E-state index < -0.39 is 37.3 Å². The van der Waals surface area contributed by atoms with Crippen molar-refractivity contribution in [2.24, 2.45) is 0 Å². The van der Waals surface area contributed by atoms with Crippen molar-refractivity contribution in [3.05, 3.63) is 33.4 Å². The van der Waals surface area contributed by atoms with E-state index >= 15 is 0 Å². The molecule has 5 unspecified atom stereocenters. The molecule has 0 radical (unpaired) electrons. The third-order valence-corrected chi connectivity index (χ3v) is 4.28. The Labute approximate surface area is 141 Å². The van der Waals surface area contributed by atoms with E-state index in [1.807, 2.05) is 0 Å². The summed E-state index contributed by atoms with van der Waals surface area (Å²) in [6, 6.07) is 5.96. The van der Waals surface area contributed by atoms with Gasteiger partial charge in [0.05, 0.1) is 19.2 Å². The Hall–Kier alpha value is -0.620. The van der Waals surface area contributed by atoms with Crippen LogP contribution in [0.4, 0.5) is 0 Å². The van der Waals surface area contributed by atoms with Gasteiger partial charge in [0.2, 0.25) is 0 Å². The van der Waals surface area contributed by atoms with Gasteiger partial charge < -0.3 is 25.2 Å². The van der Waals surface area contributed by atoms with E-state index in [1.165, 1.54) is 0 Å². The monoisotopic (exact) mass is 423 g/mol. The molecule has 0 amide bonds. The van der Waals surface area contributed by atoms with E-state index in [2.05, 4.69) is 27.9 Å². The van der Waals surface area contributed by atoms with Crippen molar-refractivity contribution in [3.63, 3.8) is 0 Å². The first-order valence-corrected chi connectivity index (χ1v) is 7.84. The van der Waals surface area contributed by atoms with Crippen LogP contribution in [0, 0.1) is 3.57 Å². The maximum atomic E-state index is 12.0. The molecule has 1 aromatic carbocycles. The average Bonchev–Trinajstić information content (AvgIpc) is 2.51. The van der Waals surface area contributed by atoms with Gasteiger partial charge in [0.15, 0.2) is 12.1 Å². The fourth-order valence-corrected chi connectivity index (χ4v) is 2.63. The van der Waals surface area contributed by atoms with Gasteiger partial charge in [0.25, 0.3) is 0 Å². The van der Waals surface area contributed by atoms with E-state index in [4.69, 9.17) is 9.84 Å². The first kappa shape index (κ1) is 17.7. The topological polar surface area (TPSA) is 119 Å². The fourth-order valence-electron chi connectivity index (χ4n) is 2.27. The SMILES string of the molecule is O=C(CNC1C(O)OC(CO)C(O)C1O)c1ccc(I)cc1. The number of carbonyl (C=O) groups excluding carboxylic acids is 1. The number of halogens is 1. The second-order valence-corrected chi connectivity index (χ2v) is 6.31. The zero-order valence-electron chi connectivity index (χ0n) is 11.6. The molecule has 0 aromatic heterocycles. The largest absolute Gasteiger partial charge is 0.394 e. The zero-order chi connectivity index (χ0) is 16.3. The first-order chi connectivity index (χ1) is 10.4. The predicted molar refractivity (Wildman–Crippen MR) is 85.3 cm³/mol. The smallest absolute Gasteiger partial charge is 0.176 e. The molecule has 8 heteroatoms. The summed E-state index contributed by atoms with van der Waals surface area (Å²) in [6.07, 6.45) is -5.19. The minimum Gasteiger partial charge on any atom is -0.394 e. The summed E-state index contributed by atoms with van der Waals surface area (Å²) >= 11 is 2.13. The molecule has 1 fully saturated rings. The number of Topliss-reactive ketones (excluding diaryl/α,β-unsaturated/α-hetero) is 1. The molecule has 1 aliphatic rings. The van der Waals surface area contributed by atoms with Crippen LogP contribution in [0.2, 0.25) is 0 Å². The van der Waals surface area contributed by atoms with Crippen molar-refractivity contribution in [1.82, 2.24) is 5.32 Å². The lowest BCUT2D eigenvalue weighted by Crippen LogP contribution is -2.63. The summed E-state index contributed by atoms with van der Waals surface area (Å²) in [7, 11) is 0. The number of rotatable bonds is 5. The lowest BCUT2D eigenvalue weighted by molar-refractivity contribution is -0.254. The minimum absolute atomic E-state index is 0.126. The van der Waals surface area contributed by atoms with E-state index in [1.54, 1.807) is 24.3 Å². The highest BCUT2D eigenvalue weighted by Gasteiger charge is 2.43. The Morgan fingerprint density at radius 2 is 1.82 bits per heavy atom. The molecule has 122 valence electrons. The molecule has 1 aliphatic heterocycles. The van der Waals surface area contributed by atoms with Crippen LogP contribution < -0.4 is 5.32 Å². The Balaban J connectivity index is 1.95. The van der Waals surface area contributed by atoms with Gasteiger partial charge in [-0.25, -0.2) is 0 Å². The quantitative estimate of drug-likeness (QED) is 0.300. The maximum Gasteiger partial charge on any atom is 0.176 e. The Morgan fingerprint density at radius 3 is 2.41 bits per heavy atom. The van der Waals surface area contributed by atoms with Gasteiger partial charge >= 0.3 is 0 Å². The summed E-state index contributed by atoms with van der Waals surface area (Å²) in [5, 5.41) is 41.2. The number of aliphatic hydroxyl groups excluding tert-OH is 4. The van der Waals surface area contributed by atoms with Crippen LogP contribution in [0.3, 0.4) is 0 Å². The number of carbonyl (C=O) groups is 1. The molecular formula is C14H18INO6. The summed E-state index contributed by atoms with van der Waals surface area (Å²) in [5.41, 5.74) is 0.502. The highest BCUT2D eigenvalue weighted by Crippen LogP contribution is 2.19. The van der Waals surface area contributed by atoms with E-state index in [0.29, 0.717) is 5.56 Å². The molecule has 7 nitrogen and oxygen atoms in total. The van der Waals surface area contributed by atoms with Crippen LogP contribution in [0.15, 0.2) is 24.3 Å². The van der Waals surface area contributed by atoms with Gasteiger partial charge in [0.1, 0.15) is 18.3 Å². The molecule has 5 N–H and O–H groups in total. The van der Waals surface area contributed by atoms with Gasteiger partial charge in [-0.1, -0.05) is 12.1 Å². The van der Waals surface area contributed by atoms with Crippen LogP contribution in [0.25, 0.3) is 0 Å². The highest BCUT2D eigenvalue weighted by molar-refractivity contribution is 14.1. The van der Waals surface area contributed by atoms with Gasteiger partial charge in [-0.2, -0.15) is 0 Å². The molecular weight excluding hydrogens is 405 g/mol. The molecule has 2 rings (SSSR count). The third-order valence-electron chi connectivity index (χ3n) is 3.56. The molecule has 0 saturated carbocycles. The van der Waals surface area contributed by atoms with Gasteiger partial charge in [-0.3, -0.25) is 10.1 Å². The van der Waals surface area contributed by atoms with Gasteiger partial charge in [-0.05, 0) is 34.7 Å². The molecule has 22 heavy (non-hydrogen) atoms. The molecule has 1 heterocycles. The Morgan fingerprint density at radius 1 is 1.18 bits per heavy atom. The normalized spacial score (nSPS) is 32.0. The maximum absolute atomic E-state index is 12.0. The number of hydrogen-bond donors (Lipinski definition) is 5. The lowest BCUT2D eigenvalue weighted by atomic mass is 9.97. The standard InChI is InChI=1S/C14H18INO6/c15-8-3-1-7(2-4-8)9(18)5-16-11-13(20)12(19)10(6-17)22-14(11)21/h1-4,10-14,16-17,19-21H,5-6H2. The van der Waals surface area contributed by atoms with Crippen LogP contribution in [-0.4, -0.2) is 70.0 Å². The van der Waals surface area contributed by atoms with Crippen molar-refractivity contribution in [1.29, 1.82) is 0 Å². The van der Waals surface area contributed by atoms with Crippen LogP contribution in [0.1, 0.15) is 10.4 Å². The summed E-state index contributed by atoms with van der Waals surface area (Å²) in [6.45, 7) is -0.650. The number of ketones is 1. The van der Waals surface area contributed by atoms with Crippen LogP contribution in [0.5, 0.6) is 0 Å². The van der Waals surface area contributed by atoms with Crippen LogP contribution in [-0.2, 0) is 4.74 Å². The van der Waals surface area contributed by atoms with Gasteiger partial charge in [0, 0.05) is 9.13 Å². The predicted octanol–water partition coefficient (Wildman–Crippen LogP) is -1.14. The first-order valence-electron chi connectivity index (χ1n) is 6.76. The summed E-state index contributed by atoms with van der Waals surface area (Å²) in [5.74, 6) is -0.213. The number of benzene rings is 1.